The van der Waals surface area contributed by atoms with Gasteiger partial charge in [0.2, 0.25) is 11.8 Å². The van der Waals surface area contributed by atoms with Gasteiger partial charge in [0.25, 0.3) is 0 Å². The third kappa shape index (κ3) is 4.53. The quantitative estimate of drug-likeness (QED) is 0.734. The summed E-state index contributed by atoms with van der Waals surface area (Å²) in [6.07, 6.45) is 6.27. The van der Waals surface area contributed by atoms with E-state index in [1.54, 1.807) is 4.90 Å². The third-order valence-corrected chi connectivity index (χ3v) is 6.92. The second kappa shape index (κ2) is 8.85. The van der Waals surface area contributed by atoms with Gasteiger partial charge in [0.1, 0.15) is 5.82 Å². The fraction of sp³-hybridized carbons (Fsp3) is 0.560. The molecule has 2 aromatic rings. The first kappa shape index (κ1) is 21.6. The lowest BCUT2D eigenvalue weighted by Gasteiger charge is -2.34. The number of hydrogen-bond acceptors (Lipinski definition) is 3. The number of piperidine rings is 1. The SMILES string of the molecule is Cc1ccc(N2CC(C(=O)N3CCC(Cn4ccnc4C(C)C)CC3)CC2=O)cc1C. The van der Waals surface area contributed by atoms with Crippen molar-refractivity contribution in [3.05, 3.63) is 47.5 Å². The molecule has 2 saturated heterocycles. The smallest absolute Gasteiger partial charge is 0.228 e. The number of carbonyl (C=O) groups is 2. The fourth-order valence-electron chi connectivity index (χ4n) is 4.86. The number of nitrogens with zero attached hydrogens (tertiary/aromatic N) is 4. The maximum atomic E-state index is 13.1. The van der Waals surface area contributed by atoms with E-state index in [2.05, 4.69) is 43.4 Å². The predicted molar refractivity (Wildman–Crippen MR) is 122 cm³/mol. The molecule has 0 radical (unpaired) electrons. The molecule has 31 heavy (non-hydrogen) atoms. The fourth-order valence-corrected chi connectivity index (χ4v) is 4.86. The van der Waals surface area contributed by atoms with E-state index in [9.17, 15) is 9.59 Å². The second-order valence-electron chi connectivity index (χ2n) is 9.54. The standard InChI is InChI=1S/C25H34N4O2/c1-17(2)24-26-9-12-28(24)15-20-7-10-27(11-8-20)25(31)21-14-23(30)29(16-21)22-6-5-18(3)19(4)13-22/h5-6,9,12-13,17,20-21H,7-8,10-11,14-16H2,1-4H3. The van der Waals surface area contributed by atoms with Crippen LogP contribution in [0, 0.1) is 25.7 Å². The van der Waals surface area contributed by atoms with Crippen LogP contribution in [-0.4, -0.2) is 45.9 Å². The largest absolute Gasteiger partial charge is 0.342 e. The van der Waals surface area contributed by atoms with E-state index in [1.165, 1.54) is 11.1 Å². The van der Waals surface area contributed by atoms with Crippen molar-refractivity contribution >= 4 is 17.5 Å². The Morgan fingerprint density at radius 1 is 1.16 bits per heavy atom. The van der Waals surface area contributed by atoms with Crippen LogP contribution in [0.2, 0.25) is 0 Å². The van der Waals surface area contributed by atoms with E-state index in [4.69, 9.17) is 0 Å². The lowest BCUT2D eigenvalue weighted by molar-refractivity contribution is -0.137. The van der Waals surface area contributed by atoms with Gasteiger partial charge in [-0.3, -0.25) is 9.59 Å². The van der Waals surface area contributed by atoms with Gasteiger partial charge >= 0.3 is 0 Å². The number of hydrogen-bond donors (Lipinski definition) is 0. The van der Waals surface area contributed by atoms with Gasteiger partial charge in [0.05, 0.1) is 5.92 Å². The normalized spacial score (nSPS) is 20.2. The number of carbonyl (C=O) groups excluding carboxylic acids is 2. The van der Waals surface area contributed by atoms with Gasteiger partial charge in [-0.2, -0.15) is 0 Å². The van der Waals surface area contributed by atoms with Crippen LogP contribution in [0.1, 0.15) is 56.0 Å². The van der Waals surface area contributed by atoms with Crippen LogP contribution in [0.4, 0.5) is 5.69 Å². The van der Waals surface area contributed by atoms with Gasteiger partial charge in [-0.25, -0.2) is 4.98 Å². The lowest BCUT2D eigenvalue weighted by Crippen LogP contribution is -2.43. The Morgan fingerprint density at radius 3 is 2.58 bits per heavy atom. The summed E-state index contributed by atoms with van der Waals surface area (Å²) in [5.41, 5.74) is 3.28. The summed E-state index contributed by atoms with van der Waals surface area (Å²) in [5.74, 6) is 2.08. The minimum Gasteiger partial charge on any atom is -0.342 e. The minimum absolute atomic E-state index is 0.0535. The van der Waals surface area contributed by atoms with Gasteiger partial charge in [0.15, 0.2) is 0 Å². The zero-order chi connectivity index (χ0) is 22.1. The number of aryl methyl sites for hydroxylation is 2. The highest BCUT2D eigenvalue weighted by molar-refractivity contribution is 6.00. The van der Waals surface area contributed by atoms with Crippen LogP contribution >= 0.6 is 0 Å². The molecule has 2 fully saturated rings. The predicted octanol–water partition coefficient (Wildman–Crippen LogP) is 3.92. The molecule has 0 saturated carbocycles. The summed E-state index contributed by atoms with van der Waals surface area (Å²) in [7, 11) is 0. The van der Waals surface area contributed by atoms with Crippen LogP contribution in [0.25, 0.3) is 0 Å². The van der Waals surface area contributed by atoms with Gasteiger partial charge in [-0.1, -0.05) is 19.9 Å². The van der Waals surface area contributed by atoms with Crippen molar-refractivity contribution in [3.63, 3.8) is 0 Å². The number of benzene rings is 1. The van der Waals surface area contributed by atoms with Crippen LogP contribution < -0.4 is 4.90 Å². The number of aromatic nitrogens is 2. The highest BCUT2D eigenvalue weighted by Crippen LogP contribution is 2.29. The molecule has 1 unspecified atom stereocenters. The van der Waals surface area contributed by atoms with E-state index in [0.29, 0.717) is 24.8 Å². The van der Waals surface area contributed by atoms with Crippen molar-refractivity contribution in [3.8, 4) is 0 Å². The Morgan fingerprint density at radius 2 is 1.90 bits per heavy atom. The highest BCUT2D eigenvalue weighted by Gasteiger charge is 2.38. The Hall–Kier alpha value is -2.63. The molecular weight excluding hydrogens is 388 g/mol. The Bertz CT molecular complexity index is 956. The summed E-state index contributed by atoms with van der Waals surface area (Å²) >= 11 is 0. The number of imidazole rings is 1. The third-order valence-electron chi connectivity index (χ3n) is 6.92. The zero-order valence-corrected chi connectivity index (χ0v) is 19.2. The maximum Gasteiger partial charge on any atom is 0.228 e. The van der Waals surface area contributed by atoms with Gasteiger partial charge in [-0.05, 0) is 55.9 Å². The topological polar surface area (TPSA) is 58.4 Å². The monoisotopic (exact) mass is 422 g/mol. The first-order chi connectivity index (χ1) is 14.8. The van der Waals surface area contributed by atoms with Gasteiger partial charge in [0, 0.05) is 56.6 Å². The molecule has 0 spiro atoms. The second-order valence-corrected chi connectivity index (χ2v) is 9.54. The number of anilines is 1. The molecule has 4 rings (SSSR count). The first-order valence-corrected chi connectivity index (χ1v) is 11.5. The van der Waals surface area contributed by atoms with Crippen LogP contribution in [0.15, 0.2) is 30.6 Å². The minimum atomic E-state index is -0.230. The molecule has 6 heteroatoms. The number of amides is 2. The van der Waals surface area contributed by atoms with Crippen molar-refractivity contribution in [1.82, 2.24) is 14.5 Å². The molecule has 0 bridgehead atoms. The molecule has 2 aliphatic heterocycles. The lowest BCUT2D eigenvalue weighted by atomic mass is 9.95. The molecule has 0 N–H and O–H groups in total. The van der Waals surface area contributed by atoms with Crippen LogP contribution in [0.3, 0.4) is 0 Å². The van der Waals surface area contributed by atoms with Gasteiger partial charge in [-0.15, -0.1) is 0 Å². The molecular formula is C25H34N4O2. The van der Waals surface area contributed by atoms with E-state index in [-0.39, 0.29) is 17.7 Å². The van der Waals surface area contributed by atoms with Crippen molar-refractivity contribution in [2.45, 2.75) is 59.4 Å². The molecule has 3 heterocycles. The van der Waals surface area contributed by atoms with E-state index >= 15 is 0 Å². The van der Waals surface area contributed by atoms with Crippen molar-refractivity contribution in [2.24, 2.45) is 11.8 Å². The molecule has 0 aliphatic carbocycles. The summed E-state index contributed by atoms with van der Waals surface area (Å²) < 4.78 is 2.27. The number of likely N-dealkylation sites (tertiary alicyclic amines) is 1. The van der Waals surface area contributed by atoms with Crippen LogP contribution in [0.5, 0.6) is 0 Å². The van der Waals surface area contributed by atoms with Gasteiger partial charge < -0.3 is 14.4 Å². The Labute approximate surface area is 185 Å². The molecule has 6 nitrogen and oxygen atoms in total. The molecule has 166 valence electrons. The first-order valence-electron chi connectivity index (χ1n) is 11.5. The van der Waals surface area contributed by atoms with E-state index in [0.717, 1.165) is 44.0 Å². The molecule has 2 aliphatic rings. The van der Waals surface area contributed by atoms with Crippen molar-refractivity contribution in [2.75, 3.05) is 24.5 Å². The summed E-state index contributed by atoms with van der Waals surface area (Å²) in [6, 6.07) is 6.08. The molecule has 2 amide bonds. The van der Waals surface area contributed by atoms with Crippen LogP contribution in [-0.2, 0) is 16.1 Å². The summed E-state index contributed by atoms with van der Waals surface area (Å²) in [5, 5.41) is 0. The highest BCUT2D eigenvalue weighted by atomic mass is 16.2. The molecule has 1 aromatic carbocycles. The average Bonchev–Trinajstić information content (AvgIpc) is 3.37. The number of rotatable bonds is 5. The summed E-state index contributed by atoms with van der Waals surface area (Å²) in [4.78, 5) is 34.0. The maximum absolute atomic E-state index is 13.1. The zero-order valence-electron chi connectivity index (χ0n) is 19.2. The van der Waals surface area contributed by atoms with E-state index < -0.39 is 0 Å². The van der Waals surface area contributed by atoms with Crippen molar-refractivity contribution in [1.29, 1.82) is 0 Å². The van der Waals surface area contributed by atoms with Crippen molar-refractivity contribution < 1.29 is 9.59 Å². The summed E-state index contributed by atoms with van der Waals surface area (Å²) in [6.45, 7) is 11.5. The Balaban J connectivity index is 1.33. The average molecular weight is 423 g/mol. The molecule has 1 atom stereocenters. The molecule has 1 aromatic heterocycles. The van der Waals surface area contributed by atoms with E-state index in [1.807, 2.05) is 29.3 Å². The Kier molecular flexibility index (Phi) is 6.17.